The number of nitrogens with zero attached hydrogens (tertiary/aromatic N) is 5. The molecule has 1 aromatic carbocycles. The second kappa shape index (κ2) is 7.30. The minimum absolute atomic E-state index is 0.0251. The largest absolute Gasteiger partial charge is 0.334 e. The van der Waals surface area contributed by atoms with Gasteiger partial charge in [-0.3, -0.25) is 19.7 Å². The first-order valence-electron chi connectivity index (χ1n) is 8.15. The molecule has 1 aromatic heterocycles. The number of non-ortho nitro benzene ring substituents is 1. The van der Waals surface area contributed by atoms with Gasteiger partial charge in [0.2, 0.25) is 0 Å². The summed E-state index contributed by atoms with van der Waals surface area (Å²) in [7, 11) is 0. The van der Waals surface area contributed by atoms with Crippen LogP contribution in [0.1, 0.15) is 12.7 Å². The summed E-state index contributed by atoms with van der Waals surface area (Å²) in [5, 5.41) is 14.5. The van der Waals surface area contributed by atoms with Crippen molar-refractivity contribution in [2.75, 3.05) is 26.2 Å². The Bertz CT molecular complexity index is 832. The van der Waals surface area contributed by atoms with Gasteiger partial charge in [-0.15, -0.1) is 0 Å². The molecule has 1 saturated heterocycles. The van der Waals surface area contributed by atoms with Gasteiger partial charge in [0.15, 0.2) is 5.82 Å². The predicted molar refractivity (Wildman–Crippen MR) is 88.9 cm³/mol. The Kier molecular flexibility index (Phi) is 4.92. The van der Waals surface area contributed by atoms with Gasteiger partial charge in [0.1, 0.15) is 0 Å². The molecule has 3 rings (SSSR count). The van der Waals surface area contributed by atoms with Crippen LogP contribution in [0.15, 0.2) is 28.8 Å². The highest BCUT2D eigenvalue weighted by Gasteiger charge is 2.31. The normalized spacial score (nSPS) is 14.8. The van der Waals surface area contributed by atoms with E-state index in [4.69, 9.17) is 4.52 Å². The van der Waals surface area contributed by atoms with E-state index in [1.807, 2.05) is 6.92 Å². The number of hydrogen-bond acceptors (Lipinski definition) is 7. The zero-order chi connectivity index (χ0) is 18.7. The van der Waals surface area contributed by atoms with Gasteiger partial charge in [-0.2, -0.15) is 4.98 Å². The maximum atomic E-state index is 12.0. The van der Waals surface area contributed by atoms with Crippen LogP contribution in [0.5, 0.6) is 0 Å². The molecule has 0 spiro atoms. The molecular formula is C16H17N5O5. The summed E-state index contributed by atoms with van der Waals surface area (Å²) in [5.74, 6) is -0.361. The molecule has 0 bridgehead atoms. The SMILES string of the molecule is CCN1CCN(CCc2noc(-c3ccc([N+](=O)[O-])cc3)n2)C(=O)C1=O. The minimum Gasteiger partial charge on any atom is -0.334 e. The van der Waals surface area contributed by atoms with Gasteiger partial charge in [0.25, 0.3) is 11.6 Å². The number of nitro benzene ring substituents is 1. The summed E-state index contributed by atoms with van der Waals surface area (Å²) in [5.41, 5.74) is 0.542. The number of carbonyl (C=O) groups is 2. The Morgan fingerprint density at radius 2 is 1.81 bits per heavy atom. The van der Waals surface area contributed by atoms with Gasteiger partial charge in [0.05, 0.1) is 4.92 Å². The van der Waals surface area contributed by atoms with E-state index in [-0.39, 0.29) is 11.6 Å². The molecule has 0 aliphatic carbocycles. The molecule has 1 aliphatic rings. The average molecular weight is 359 g/mol. The predicted octanol–water partition coefficient (Wildman–Crippen LogP) is 0.878. The van der Waals surface area contributed by atoms with Gasteiger partial charge < -0.3 is 14.3 Å². The molecule has 2 heterocycles. The molecule has 1 aliphatic heterocycles. The number of aromatic nitrogens is 2. The average Bonchev–Trinajstić information content (AvgIpc) is 3.12. The molecule has 0 N–H and O–H groups in total. The fraction of sp³-hybridized carbons (Fsp3) is 0.375. The van der Waals surface area contributed by atoms with E-state index in [0.717, 1.165) is 0 Å². The summed E-state index contributed by atoms with van der Waals surface area (Å²) >= 11 is 0. The quantitative estimate of drug-likeness (QED) is 0.426. The van der Waals surface area contributed by atoms with Crippen molar-refractivity contribution in [3.8, 4) is 11.5 Å². The topological polar surface area (TPSA) is 123 Å². The van der Waals surface area contributed by atoms with E-state index >= 15 is 0 Å². The third-order valence-corrected chi connectivity index (χ3v) is 4.18. The molecule has 0 saturated carbocycles. The fourth-order valence-corrected chi connectivity index (χ4v) is 2.66. The highest BCUT2D eigenvalue weighted by Crippen LogP contribution is 2.21. The number of rotatable bonds is 6. The maximum Gasteiger partial charge on any atom is 0.312 e. The second-order valence-electron chi connectivity index (χ2n) is 5.75. The third kappa shape index (κ3) is 3.53. The second-order valence-corrected chi connectivity index (χ2v) is 5.75. The Morgan fingerprint density at radius 3 is 2.46 bits per heavy atom. The monoisotopic (exact) mass is 359 g/mol. The first-order chi connectivity index (χ1) is 12.5. The molecule has 10 heteroatoms. The van der Waals surface area contributed by atoms with Crippen LogP contribution < -0.4 is 0 Å². The lowest BCUT2D eigenvalue weighted by Crippen LogP contribution is -2.54. The lowest BCUT2D eigenvalue weighted by Gasteiger charge is -2.32. The van der Waals surface area contributed by atoms with Crippen LogP contribution >= 0.6 is 0 Å². The molecule has 0 unspecified atom stereocenters. The van der Waals surface area contributed by atoms with Crippen molar-refractivity contribution in [1.29, 1.82) is 0 Å². The zero-order valence-electron chi connectivity index (χ0n) is 14.1. The zero-order valence-corrected chi connectivity index (χ0v) is 14.1. The molecule has 10 nitrogen and oxygen atoms in total. The number of piperazine rings is 1. The van der Waals surface area contributed by atoms with Crippen molar-refractivity contribution in [1.82, 2.24) is 19.9 Å². The number of carbonyl (C=O) groups excluding carboxylic acids is 2. The molecule has 2 amide bonds. The van der Waals surface area contributed by atoms with Crippen molar-refractivity contribution in [3.05, 3.63) is 40.2 Å². The maximum absolute atomic E-state index is 12.0. The number of likely N-dealkylation sites (N-methyl/N-ethyl adjacent to an activating group) is 1. The first kappa shape index (κ1) is 17.5. The Morgan fingerprint density at radius 1 is 1.15 bits per heavy atom. The Hall–Kier alpha value is -3.30. The standard InChI is InChI=1S/C16H17N5O5/c1-2-19-9-10-20(16(23)15(19)22)8-7-13-17-14(26-18-13)11-3-5-12(6-4-11)21(24)25/h3-6H,2,7-10H2,1H3. The van der Waals surface area contributed by atoms with Gasteiger partial charge in [0, 0.05) is 50.3 Å². The van der Waals surface area contributed by atoms with Crippen LogP contribution in [0.3, 0.4) is 0 Å². The van der Waals surface area contributed by atoms with Crippen LogP contribution in [0, 0.1) is 10.1 Å². The molecule has 1 fully saturated rings. The van der Waals surface area contributed by atoms with E-state index in [0.29, 0.717) is 44.0 Å². The lowest BCUT2D eigenvalue weighted by atomic mass is 10.2. The van der Waals surface area contributed by atoms with Crippen LogP contribution in [-0.4, -0.2) is 62.9 Å². The Labute approximate surface area is 148 Å². The number of amides is 2. The highest BCUT2D eigenvalue weighted by atomic mass is 16.6. The van der Waals surface area contributed by atoms with E-state index < -0.39 is 16.7 Å². The number of hydrogen-bond donors (Lipinski definition) is 0. The van der Waals surface area contributed by atoms with E-state index in [9.17, 15) is 19.7 Å². The molecule has 26 heavy (non-hydrogen) atoms. The van der Waals surface area contributed by atoms with Crippen molar-refractivity contribution in [2.45, 2.75) is 13.3 Å². The summed E-state index contributed by atoms with van der Waals surface area (Å²) in [6, 6.07) is 5.77. The Balaban J connectivity index is 1.61. The van der Waals surface area contributed by atoms with Gasteiger partial charge in [-0.25, -0.2) is 0 Å². The summed E-state index contributed by atoms with van der Waals surface area (Å²) < 4.78 is 5.16. The van der Waals surface area contributed by atoms with Crippen LogP contribution in [-0.2, 0) is 16.0 Å². The summed E-state index contributed by atoms with van der Waals surface area (Å²) in [6.45, 7) is 3.66. The third-order valence-electron chi connectivity index (χ3n) is 4.18. The summed E-state index contributed by atoms with van der Waals surface area (Å²) in [4.78, 5) is 41.3. The van der Waals surface area contributed by atoms with Crippen molar-refractivity contribution < 1.29 is 19.0 Å². The summed E-state index contributed by atoms with van der Waals surface area (Å²) in [6.07, 6.45) is 0.349. The van der Waals surface area contributed by atoms with Crippen molar-refractivity contribution in [2.24, 2.45) is 0 Å². The highest BCUT2D eigenvalue weighted by molar-refractivity contribution is 6.35. The molecule has 0 atom stereocenters. The minimum atomic E-state index is -0.516. The smallest absolute Gasteiger partial charge is 0.312 e. The number of nitro groups is 1. The molecule has 0 radical (unpaired) electrons. The molecular weight excluding hydrogens is 342 g/mol. The number of benzene rings is 1. The van der Waals surface area contributed by atoms with Gasteiger partial charge in [-0.1, -0.05) is 5.16 Å². The van der Waals surface area contributed by atoms with E-state index in [1.54, 1.807) is 0 Å². The van der Waals surface area contributed by atoms with Crippen LogP contribution in [0.4, 0.5) is 5.69 Å². The fourth-order valence-electron chi connectivity index (χ4n) is 2.66. The molecule has 2 aromatic rings. The van der Waals surface area contributed by atoms with Gasteiger partial charge >= 0.3 is 11.8 Å². The first-order valence-corrected chi connectivity index (χ1v) is 8.15. The molecule has 136 valence electrons. The van der Waals surface area contributed by atoms with E-state index in [1.165, 1.54) is 34.1 Å². The van der Waals surface area contributed by atoms with Crippen molar-refractivity contribution >= 4 is 17.5 Å². The van der Waals surface area contributed by atoms with Gasteiger partial charge in [-0.05, 0) is 19.1 Å². The lowest BCUT2D eigenvalue weighted by molar-refractivity contribution is -0.384. The van der Waals surface area contributed by atoms with Crippen molar-refractivity contribution in [3.63, 3.8) is 0 Å². The van der Waals surface area contributed by atoms with Crippen LogP contribution in [0.2, 0.25) is 0 Å². The van der Waals surface area contributed by atoms with E-state index in [2.05, 4.69) is 10.1 Å². The van der Waals surface area contributed by atoms with Crippen LogP contribution in [0.25, 0.3) is 11.5 Å².